The molecule has 2 aliphatic rings. The van der Waals surface area contributed by atoms with Gasteiger partial charge >= 0.3 is 6.03 Å². The number of carbonyl (C=O) groups excluding carboxylic acids is 3. The molecule has 0 bridgehead atoms. The van der Waals surface area contributed by atoms with Crippen molar-refractivity contribution in [1.82, 2.24) is 9.88 Å². The van der Waals surface area contributed by atoms with Crippen LogP contribution < -0.4 is 26.0 Å². The normalized spacial score (nSPS) is 17.3. The van der Waals surface area contributed by atoms with Crippen molar-refractivity contribution in [3.05, 3.63) is 71.2 Å². The number of ether oxygens (including phenoxy) is 2. The van der Waals surface area contributed by atoms with Crippen LogP contribution in [0.3, 0.4) is 0 Å². The molecule has 4 heterocycles. The van der Waals surface area contributed by atoms with Gasteiger partial charge in [-0.2, -0.15) is 0 Å². The number of pyridine rings is 1. The van der Waals surface area contributed by atoms with Gasteiger partial charge < -0.3 is 25.8 Å². The Hall–Kier alpha value is -4.52. The second kappa shape index (κ2) is 11.6. The number of para-hydroxylation sites is 1. The van der Waals surface area contributed by atoms with E-state index in [2.05, 4.69) is 4.98 Å². The Kier molecular flexibility index (Phi) is 7.74. The van der Waals surface area contributed by atoms with Crippen LogP contribution in [0.5, 0.6) is 11.5 Å². The Morgan fingerprint density at radius 3 is 2.63 bits per heavy atom. The molecule has 0 spiro atoms. The standard InChI is InChI=1S/C31H32N6O5S/c1-18-15-21(42-20-8-4-3-5-9-20)10-11-23(18)37-24-12-13-34-29-25(24)26(27(43-29)28(33)38)36(31(37)40)19-7-6-14-35(16-19)30(39)22(32)17-41-2/h3-5,8-13,15,19,22H,6-7,14,16-17,32H2,1-2H3,(H2,33,38)/t19-,22+/m1/s1. The van der Waals surface area contributed by atoms with E-state index in [1.165, 1.54) is 7.11 Å². The number of benzene rings is 2. The lowest BCUT2D eigenvalue weighted by molar-refractivity contribution is -0.134. The zero-order chi connectivity index (χ0) is 30.2. The molecular weight excluding hydrogens is 568 g/mol. The van der Waals surface area contributed by atoms with Crippen LogP contribution in [0.2, 0.25) is 0 Å². The second-order valence-electron chi connectivity index (χ2n) is 10.6. The fourth-order valence-electron chi connectivity index (χ4n) is 5.87. The lowest BCUT2D eigenvalue weighted by Crippen LogP contribution is -2.58. The van der Waals surface area contributed by atoms with Crippen LogP contribution in [-0.2, 0) is 9.53 Å². The molecule has 2 atom stereocenters. The zero-order valence-corrected chi connectivity index (χ0v) is 24.7. The number of anilines is 3. The van der Waals surface area contributed by atoms with E-state index in [0.29, 0.717) is 58.2 Å². The highest BCUT2D eigenvalue weighted by Crippen LogP contribution is 2.50. The molecule has 2 aromatic heterocycles. The van der Waals surface area contributed by atoms with Gasteiger partial charge in [0.25, 0.3) is 5.91 Å². The summed E-state index contributed by atoms with van der Waals surface area (Å²) in [5.41, 5.74) is 14.4. The van der Waals surface area contributed by atoms with Crippen molar-refractivity contribution in [3.8, 4) is 11.5 Å². The third-order valence-electron chi connectivity index (χ3n) is 7.77. The molecule has 1 fully saturated rings. The number of aryl methyl sites for hydroxylation is 1. The Balaban J connectivity index is 1.43. The third-order valence-corrected chi connectivity index (χ3v) is 8.87. The van der Waals surface area contributed by atoms with Gasteiger partial charge in [0.2, 0.25) is 5.91 Å². The van der Waals surface area contributed by atoms with E-state index in [0.717, 1.165) is 16.9 Å². The number of nitrogens with two attached hydrogens (primary N) is 2. The van der Waals surface area contributed by atoms with Crippen LogP contribution in [0.25, 0.3) is 10.2 Å². The van der Waals surface area contributed by atoms with Crippen molar-refractivity contribution >= 4 is 56.5 Å². The summed E-state index contributed by atoms with van der Waals surface area (Å²) < 4.78 is 11.1. The molecule has 11 nitrogen and oxygen atoms in total. The van der Waals surface area contributed by atoms with E-state index >= 15 is 0 Å². The summed E-state index contributed by atoms with van der Waals surface area (Å²) in [6.07, 6.45) is 2.90. The van der Waals surface area contributed by atoms with E-state index < -0.39 is 18.0 Å². The molecule has 2 aliphatic heterocycles. The number of amides is 4. The Bertz CT molecular complexity index is 1710. The molecule has 222 valence electrons. The average molecular weight is 601 g/mol. The molecule has 12 heteroatoms. The van der Waals surface area contributed by atoms with Crippen molar-refractivity contribution < 1.29 is 23.9 Å². The number of nitrogens with zero attached hydrogens (tertiary/aromatic N) is 4. The second-order valence-corrected chi connectivity index (χ2v) is 11.6. The number of hydrogen-bond donors (Lipinski definition) is 2. The molecule has 43 heavy (non-hydrogen) atoms. The van der Waals surface area contributed by atoms with Gasteiger partial charge in [0.1, 0.15) is 27.2 Å². The maximum Gasteiger partial charge on any atom is 0.334 e. The Morgan fingerprint density at radius 1 is 1.12 bits per heavy atom. The van der Waals surface area contributed by atoms with Crippen LogP contribution >= 0.6 is 11.3 Å². The summed E-state index contributed by atoms with van der Waals surface area (Å²) in [6, 6.07) is 15.2. The SMILES string of the molecule is COC[C@H](N)C(=O)N1CCC[C@@H](N2C(=O)N(c3ccc(Oc4ccccc4)cc3C)c3ccnc4sc(C(N)=O)c2c34)C1. The number of primary amides is 1. The molecule has 0 aliphatic carbocycles. The predicted octanol–water partition coefficient (Wildman–Crippen LogP) is 4.54. The number of piperidine rings is 1. The number of thiophene rings is 1. The fourth-order valence-corrected chi connectivity index (χ4v) is 6.88. The van der Waals surface area contributed by atoms with Crippen LogP contribution in [0.1, 0.15) is 28.1 Å². The lowest BCUT2D eigenvalue weighted by atomic mass is 9.99. The van der Waals surface area contributed by atoms with Gasteiger partial charge in [-0.1, -0.05) is 18.2 Å². The van der Waals surface area contributed by atoms with Crippen LogP contribution in [0.4, 0.5) is 21.9 Å². The van der Waals surface area contributed by atoms with Gasteiger partial charge in [-0.3, -0.25) is 19.4 Å². The zero-order valence-electron chi connectivity index (χ0n) is 23.9. The van der Waals surface area contributed by atoms with Gasteiger partial charge in [-0.15, -0.1) is 11.3 Å². The molecule has 2 aromatic carbocycles. The predicted molar refractivity (Wildman–Crippen MR) is 165 cm³/mol. The quantitative estimate of drug-likeness (QED) is 0.302. The maximum absolute atomic E-state index is 14.6. The highest BCUT2D eigenvalue weighted by atomic mass is 32.1. The van der Waals surface area contributed by atoms with Gasteiger partial charge in [-0.05, 0) is 61.7 Å². The molecule has 0 saturated carbocycles. The molecule has 4 N–H and O–H groups in total. The van der Waals surface area contributed by atoms with Crippen molar-refractivity contribution in [2.75, 3.05) is 36.6 Å². The molecule has 1 saturated heterocycles. The monoisotopic (exact) mass is 600 g/mol. The van der Waals surface area contributed by atoms with E-state index in [4.69, 9.17) is 20.9 Å². The number of hydrogen-bond acceptors (Lipinski definition) is 8. The number of likely N-dealkylation sites (tertiary alicyclic amines) is 1. The molecular formula is C31H32N6O5S. The first-order valence-electron chi connectivity index (χ1n) is 14.0. The van der Waals surface area contributed by atoms with Gasteiger partial charge in [0, 0.05) is 26.4 Å². The number of rotatable bonds is 8. The Morgan fingerprint density at radius 2 is 1.91 bits per heavy atom. The molecule has 0 unspecified atom stereocenters. The first kappa shape index (κ1) is 28.6. The smallest absolute Gasteiger partial charge is 0.334 e. The van der Waals surface area contributed by atoms with Crippen molar-refractivity contribution in [2.24, 2.45) is 11.5 Å². The van der Waals surface area contributed by atoms with Gasteiger partial charge in [-0.25, -0.2) is 9.78 Å². The highest BCUT2D eigenvalue weighted by molar-refractivity contribution is 7.21. The van der Waals surface area contributed by atoms with E-state index in [9.17, 15) is 14.4 Å². The summed E-state index contributed by atoms with van der Waals surface area (Å²) in [7, 11) is 1.49. The summed E-state index contributed by atoms with van der Waals surface area (Å²) in [4.78, 5) is 50.8. The summed E-state index contributed by atoms with van der Waals surface area (Å²) >= 11 is 1.16. The molecule has 0 radical (unpaired) electrons. The fraction of sp³-hybridized carbons (Fsp3) is 0.290. The van der Waals surface area contributed by atoms with E-state index in [-0.39, 0.29) is 30.0 Å². The van der Waals surface area contributed by atoms with E-state index in [1.54, 1.807) is 27.0 Å². The summed E-state index contributed by atoms with van der Waals surface area (Å²) in [6.45, 7) is 2.78. The first-order chi connectivity index (χ1) is 20.8. The third kappa shape index (κ3) is 5.18. The number of urea groups is 1. The van der Waals surface area contributed by atoms with Crippen molar-refractivity contribution in [3.63, 3.8) is 0 Å². The van der Waals surface area contributed by atoms with Crippen LogP contribution in [-0.4, -0.2) is 66.6 Å². The summed E-state index contributed by atoms with van der Waals surface area (Å²) in [5, 5.41) is 0.671. The van der Waals surface area contributed by atoms with Gasteiger partial charge in [0.15, 0.2) is 0 Å². The minimum absolute atomic E-state index is 0.0930. The topological polar surface area (TPSA) is 144 Å². The number of aromatic nitrogens is 1. The largest absolute Gasteiger partial charge is 0.457 e. The highest BCUT2D eigenvalue weighted by Gasteiger charge is 2.43. The van der Waals surface area contributed by atoms with Crippen molar-refractivity contribution in [1.29, 1.82) is 0 Å². The van der Waals surface area contributed by atoms with Crippen LogP contribution in [0, 0.1) is 6.92 Å². The molecule has 6 rings (SSSR count). The molecule has 4 amide bonds. The van der Waals surface area contributed by atoms with E-state index in [1.807, 2.05) is 55.5 Å². The van der Waals surface area contributed by atoms with Crippen LogP contribution in [0.15, 0.2) is 60.8 Å². The average Bonchev–Trinajstić information content (AvgIpc) is 3.39. The first-order valence-corrected chi connectivity index (χ1v) is 14.8. The number of methoxy groups -OCH3 is 1. The lowest BCUT2D eigenvalue weighted by Gasteiger charge is -2.44. The van der Waals surface area contributed by atoms with Gasteiger partial charge in [0.05, 0.1) is 35.1 Å². The minimum atomic E-state index is -0.810. The molecule has 4 aromatic rings. The minimum Gasteiger partial charge on any atom is -0.457 e. The Labute approximate surface area is 252 Å². The maximum atomic E-state index is 14.6. The van der Waals surface area contributed by atoms with Crippen molar-refractivity contribution in [2.45, 2.75) is 31.8 Å². The summed E-state index contributed by atoms with van der Waals surface area (Å²) in [5.74, 6) is 0.453. The number of carbonyl (C=O) groups is 3.